The van der Waals surface area contributed by atoms with Gasteiger partial charge in [0, 0.05) is 23.5 Å². The van der Waals surface area contributed by atoms with Crippen LogP contribution >= 0.6 is 0 Å². The minimum atomic E-state index is -3.78. The fraction of sp³-hybridized carbons (Fsp3) is 0.280. The summed E-state index contributed by atoms with van der Waals surface area (Å²) in [7, 11) is -2.15. The molecule has 0 saturated carbocycles. The first-order valence-corrected chi connectivity index (χ1v) is 12.4. The Morgan fingerprint density at radius 3 is 2.29 bits per heavy atom. The molecule has 0 fully saturated rings. The maximum Gasteiger partial charge on any atom is 0.253 e. The summed E-state index contributed by atoms with van der Waals surface area (Å²) in [6, 6.07) is 18.2. The lowest BCUT2D eigenvalue weighted by molar-refractivity contribution is 0.0737. The first kappa shape index (κ1) is 22.5. The number of rotatable bonds is 6. The minimum absolute atomic E-state index is 0.0921. The second-order valence-corrected chi connectivity index (χ2v) is 10.1. The molecule has 9 heteroatoms. The molecule has 2 aliphatic rings. The maximum atomic E-state index is 12.8. The Morgan fingerprint density at radius 2 is 1.62 bits per heavy atom. The Bertz CT molecular complexity index is 1290. The van der Waals surface area contributed by atoms with Crippen molar-refractivity contribution in [3.05, 3.63) is 77.4 Å². The van der Waals surface area contributed by atoms with Crippen molar-refractivity contribution < 1.29 is 27.4 Å². The number of nitrogens with one attached hydrogen (secondary N) is 2. The number of hydrogen-bond acceptors (Lipinski definition) is 7. The molecule has 34 heavy (non-hydrogen) atoms. The second-order valence-electron chi connectivity index (χ2n) is 8.45. The van der Waals surface area contributed by atoms with Crippen molar-refractivity contribution in [3.63, 3.8) is 0 Å². The molecule has 0 unspecified atom stereocenters. The minimum Gasteiger partial charge on any atom is -0.497 e. The van der Waals surface area contributed by atoms with Crippen molar-refractivity contribution in [3.8, 4) is 23.0 Å². The third-order valence-corrected chi connectivity index (χ3v) is 7.52. The van der Waals surface area contributed by atoms with Crippen LogP contribution in [0.3, 0.4) is 0 Å². The first-order chi connectivity index (χ1) is 16.4. The van der Waals surface area contributed by atoms with Crippen LogP contribution in [0.5, 0.6) is 23.0 Å². The number of methoxy groups -OCH3 is 1. The Hall–Kier alpha value is -3.27. The van der Waals surface area contributed by atoms with Crippen molar-refractivity contribution in [1.29, 1.82) is 0 Å². The lowest BCUT2D eigenvalue weighted by atomic mass is 9.78. The summed E-state index contributed by atoms with van der Waals surface area (Å²) < 4.78 is 48.3. The molecule has 0 spiro atoms. The van der Waals surface area contributed by atoms with E-state index in [1.807, 2.05) is 44.2 Å². The number of sulfonamides is 1. The summed E-state index contributed by atoms with van der Waals surface area (Å²) in [6.45, 7) is 4.07. The molecule has 5 rings (SSSR count). The molecule has 0 radical (unpaired) electrons. The molecule has 3 aromatic carbocycles. The van der Waals surface area contributed by atoms with Crippen molar-refractivity contribution in [1.82, 2.24) is 10.3 Å². The smallest absolute Gasteiger partial charge is 0.253 e. The highest BCUT2D eigenvalue weighted by atomic mass is 32.2. The molecular weight excluding hydrogens is 456 g/mol. The van der Waals surface area contributed by atoms with Gasteiger partial charge >= 0.3 is 0 Å². The monoisotopic (exact) mass is 482 g/mol. The number of hydrazine groups is 1. The third-order valence-electron chi connectivity index (χ3n) is 6.24. The van der Waals surface area contributed by atoms with Gasteiger partial charge in [-0.2, -0.15) is 0 Å². The van der Waals surface area contributed by atoms with E-state index in [0.717, 1.165) is 22.4 Å². The fourth-order valence-corrected chi connectivity index (χ4v) is 5.24. The van der Waals surface area contributed by atoms with Gasteiger partial charge in [-0.1, -0.05) is 36.8 Å². The molecule has 0 aromatic heterocycles. The number of benzene rings is 3. The van der Waals surface area contributed by atoms with E-state index in [0.29, 0.717) is 17.2 Å². The second kappa shape index (κ2) is 8.83. The van der Waals surface area contributed by atoms with Gasteiger partial charge in [0.05, 0.1) is 12.0 Å². The van der Waals surface area contributed by atoms with Gasteiger partial charge in [0.15, 0.2) is 17.7 Å². The average Bonchev–Trinajstić information content (AvgIpc) is 3.29. The average molecular weight is 483 g/mol. The van der Waals surface area contributed by atoms with Crippen LogP contribution < -0.4 is 29.2 Å². The van der Waals surface area contributed by atoms with Crippen LogP contribution in [0.1, 0.15) is 29.5 Å². The standard InChI is InChI=1S/C25H26N2O6S/c1-15-4-10-19(11-5-15)34(28,29)27-26-25-16(2)24(17-6-8-18(30-3)9-7-17)20-12-22-23(32-14-31-22)13-21(20)33-25/h4-13,16,24-27H,14H2,1-3H3/t16-,24-,25-/m1/s1. The van der Waals surface area contributed by atoms with Crippen LogP contribution in [0.4, 0.5) is 0 Å². The van der Waals surface area contributed by atoms with Gasteiger partial charge in [-0.25, -0.2) is 13.8 Å². The molecule has 0 bridgehead atoms. The molecule has 178 valence electrons. The Labute approximate surface area is 198 Å². The van der Waals surface area contributed by atoms with E-state index in [9.17, 15) is 8.42 Å². The SMILES string of the molecule is COc1ccc([C@@H]2c3cc4c(cc3O[C@@H](NNS(=O)(=O)c3ccc(C)cc3)[C@@H]2C)OCO4)cc1. The number of aryl methyl sites for hydroxylation is 1. The molecule has 3 aromatic rings. The zero-order valence-corrected chi connectivity index (χ0v) is 19.9. The number of fused-ring (bicyclic) bond motifs is 2. The van der Waals surface area contributed by atoms with E-state index in [-0.39, 0.29) is 23.5 Å². The largest absolute Gasteiger partial charge is 0.497 e. The molecular formula is C25H26N2O6S. The highest BCUT2D eigenvalue weighted by Gasteiger charge is 2.38. The van der Waals surface area contributed by atoms with E-state index in [1.165, 1.54) is 0 Å². The van der Waals surface area contributed by atoms with Crippen LogP contribution in [0.25, 0.3) is 0 Å². The first-order valence-electron chi connectivity index (χ1n) is 10.9. The summed E-state index contributed by atoms with van der Waals surface area (Å²) in [4.78, 5) is 2.66. The molecule has 2 N–H and O–H groups in total. The van der Waals surface area contributed by atoms with Crippen LogP contribution in [0, 0.1) is 12.8 Å². The molecule has 2 aliphatic heterocycles. The Balaban J connectivity index is 1.46. The lowest BCUT2D eigenvalue weighted by Crippen LogP contribution is -2.52. The number of hydrogen-bond donors (Lipinski definition) is 2. The van der Waals surface area contributed by atoms with E-state index < -0.39 is 16.3 Å². The molecule has 3 atom stereocenters. The van der Waals surface area contributed by atoms with Crippen LogP contribution in [0.2, 0.25) is 0 Å². The normalized spacial score (nSPS) is 21.0. The maximum absolute atomic E-state index is 12.8. The summed E-state index contributed by atoms with van der Waals surface area (Å²) >= 11 is 0. The molecule has 0 amide bonds. The Kier molecular flexibility index (Phi) is 5.85. The van der Waals surface area contributed by atoms with Crippen molar-refractivity contribution in [2.45, 2.75) is 30.9 Å². The predicted octanol–water partition coefficient (Wildman–Crippen LogP) is 3.70. The summed E-state index contributed by atoms with van der Waals surface area (Å²) in [5.41, 5.74) is 5.87. The van der Waals surface area contributed by atoms with Crippen molar-refractivity contribution in [2.75, 3.05) is 13.9 Å². The lowest BCUT2D eigenvalue weighted by Gasteiger charge is -2.38. The zero-order chi connectivity index (χ0) is 23.9. The van der Waals surface area contributed by atoms with Crippen molar-refractivity contribution in [2.24, 2.45) is 5.92 Å². The van der Waals surface area contributed by atoms with Crippen LogP contribution in [-0.4, -0.2) is 28.5 Å². The summed E-state index contributed by atoms with van der Waals surface area (Å²) in [5, 5.41) is 0. The third kappa shape index (κ3) is 4.18. The van der Waals surface area contributed by atoms with E-state index in [4.69, 9.17) is 18.9 Å². The van der Waals surface area contributed by atoms with Gasteiger partial charge in [-0.15, -0.1) is 4.83 Å². The van der Waals surface area contributed by atoms with Crippen molar-refractivity contribution >= 4 is 10.0 Å². The molecule has 0 aliphatic carbocycles. The summed E-state index contributed by atoms with van der Waals surface area (Å²) in [6.07, 6.45) is -0.639. The fourth-order valence-electron chi connectivity index (χ4n) is 4.35. The Morgan fingerprint density at radius 1 is 0.941 bits per heavy atom. The van der Waals surface area contributed by atoms with Crippen LogP contribution in [-0.2, 0) is 10.0 Å². The number of ether oxygens (including phenoxy) is 4. The molecule has 8 nitrogen and oxygen atoms in total. The van der Waals surface area contributed by atoms with Gasteiger partial charge in [-0.05, 0) is 42.8 Å². The predicted molar refractivity (Wildman–Crippen MR) is 126 cm³/mol. The topological polar surface area (TPSA) is 95.1 Å². The van der Waals surface area contributed by atoms with Gasteiger partial charge in [-0.3, -0.25) is 0 Å². The zero-order valence-electron chi connectivity index (χ0n) is 19.1. The molecule has 2 heterocycles. The highest BCUT2D eigenvalue weighted by Crippen LogP contribution is 2.48. The van der Waals surface area contributed by atoms with Gasteiger partial charge < -0.3 is 18.9 Å². The summed E-state index contributed by atoms with van der Waals surface area (Å²) in [5.74, 6) is 2.40. The highest BCUT2D eigenvalue weighted by molar-refractivity contribution is 7.89. The van der Waals surface area contributed by atoms with E-state index >= 15 is 0 Å². The van der Waals surface area contributed by atoms with Gasteiger partial charge in [0.1, 0.15) is 11.5 Å². The van der Waals surface area contributed by atoms with Gasteiger partial charge in [0.25, 0.3) is 10.0 Å². The van der Waals surface area contributed by atoms with Crippen LogP contribution in [0.15, 0.2) is 65.6 Å². The molecule has 0 saturated heterocycles. The van der Waals surface area contributed by atoms with Gasteiger partial charge in [0.2, 0.25) is 6.79 Å². The van der Waals surface area contributed by atoms with E-state index in [1.54, 1.807) is 37.4 Å². The quantitative estimate of drug-likeness (QED) is 0.517. The van der Waals surface area contributed by atoms with E-state index in [2.05, 4.69) is 10.3 Å².